The van der Waals surface area contributed by atoms with Gasteiger partial charge >= 0.3 is 12.1 Å². The van der Waals surface area contributed by atoms with E-state index in [9.17, 15) is 18.0 Å². The van der Waals surface area contributed by atoms with E-state index in [0.29, 0.717) is 17.4 Å². The van der Waals surface area contributed by atoms with E-state index in [1.165, 1.54) is 0 Å². The second-order valence-electron chi connectivity index (χ2n) is 6.60. The quantitative estimate of drug-likeness (QED) is 0.431. The normalized spacial score (nSPS) is 11.9. The van der Waals surface area contributed by atoms with Crippen LogP contribution in [0.2, 0.25) is 0 Å². The molecule has 0 aliphatic heterocycles. The van der Waals surface area contributed by atoms with Crippen LogP contribution in [-0.2, 0) is 17.5 Å². The molecule has 0 saturated heterocycles. The van der Waals surface area contributed by atoms with Gasteiger partial charge in [-0.25, -0.2) is 4.79 Å². The summed E-state index contributed by atoms with van der Waals surface area (Å²) in [6.07, 6.45) is -1.21. The minimum absolute atomic E-state index is 0.0716. The topological polar surface area (TPSA) is 44.1 Å². The van der Waals surface area contributed by atoms with Gasteiger partial charge in [0, 0.05) is 23.2 Å². The zero-order valence-electron chi connectivity index (χ0n) is 15.5. The first-order chi connectivity index (χ1) is 13.9. The van der Waals surface area contributed by atoms with E-state index in [2.05, 4.69) is 4.98 Å². The van der Waals surface area contributed by atoms with Gasteiger partial charge in [0.05, 0.1) is 35.5 Å². The first-order valence-corrected chi connectivity index (χ1v) is 9.08. The van der Waals surface area contributed by atoms with Crippen LogP contribution in [0.3, 0.4) is 0 Å². The number of benzene rings is 2. The lowest BCUT2D eigenvalue weighted by Gasteiger charge is -2.13. The van der Waals surface area contributed by atoms with Crippen LogP contribution in [0.4, 0.5) is 13.2 Å². The number of hydrogen-bond acceptors (Lipinski definition) is 3. The van der Waals surface area contributed by atoms with Gasteiger partial charge in [0.25, 0.3) is 0 Å². The molecule has 0 N–H and O–H groups in total. The fraction of sp³-hybridized carbons (Fsp3) is 0.182. The van der Waals surface area contributed by atoms with E-state index in [0.717, 1.165) is 28.6 Å². The van der Waals surface area contributed by atoms with E-state index in [1.54, 1.807) is 30.0 Å². The predicted molar refractivity (Wildman–Crippen MR) is 104 cm³/mol. The first kappa shape index (κ1) is 19.0. The van der Waals surface area contributed by atoms with Crippen LogP contribution >= 0.6 is 0 Å². The highest BCUT2D eigenvalue weighted by molar-refractivity contribution is 6.04. The molecule has 0 unspecified atom stereocenters. The van der Waals surface area contributed by atoms with Crippen molar-refractivity contribution in [3.8, 4) is 0 Å². The molecule has 2 aromatic heterocycles. The molecule has 0 amide bonds. The molecule has 2 heterocycles. The lowest BCUT2D eigenvalue weighted by molar-refractivity contribution is -0.137. The van der Waals surface area contributed by atoms with E-state index in [-0.39, 0.29) is 12.2 Å². The van der Waals surface area contributed by atoms with Crippen LogP contribution in [0.5, 0.6) is 0 Å². The standard InChI is InChI=1S/C22H17F3N2O2/c1-2-29-21(28)18-12-16(22(23,24)25)11-15-8-10-27(20(15)18)13-19-17-6-4-3-5-14(17)7-9-26-19/h3-12H,2,13H2,1H3. The van der Waals surface area contributed by atoms with Gasteiger partial charge in [-0.2, -0.15) is 13.2 Å². The number of esters is 1. The molecule has 29 heavy (non-hydrogen) atoms. The Hall–Kier alpha value is -3.35. The number of carbonyl (C=O) groups excluding carboxylic acids is 1. The monoisotopic (exact) mass is 398 g/mol. The molecule has 4 rings (SSSR count). The molecule has 0 saturated carbocycles. The van der Waals surface area contributed by atoms with Crippen molar-refractivity contribution in [1.82, 2.24) is 9.55 Å². The number of alkyl halides is 3. The Bertz CT molecular complexity index is 1210. The van der Waals surface area contributed by atoms with E-state index >= 15 is 0 Å². The van der Waals surface area contributed by atoms with E-state index < -0.39 is 17.7 Å². The molecule has 0 spiro atoms. The minimum Gasteiger partial charge on any atom is -0.462 e. The van der Waals surface area contributed by atoms with Gasteiger partial charge in [-0.3, -0.25) is 4.98 Å². The maximum Gasteiger partial charge on any atom is 0.416 e. The highest BCUT2D eigenvalue weighted by Gasteiger charge is 2.33. The van der Waals surface area contributed by atoms with Gasteiger partial charge in [0.15, 0.2) is 0 Å². The van der Waals surface area contributed by atoms with Gasteiger partial charge in [0.1, 0.15) is 0 Å². The maximum atomic E-state index is 13.3. The number of halogens is 3. The summed E-state index contributed by atoms with van der Waals surface area (Å²) in [7, 11) is 0. The summed E-state index contributed by atoms with van der Waals surface area (Å²) >= 11 is 0. The van der Waals surface area contributed by atoms with E-state index in [1.807, 2.05) is 30.3 Å². The average Bonchev–Trinajstić information content (AvgIpc) is 3.10. The number of fused-ring (bicyclic) bond motifs is 2. The molecule has 2 aromatic carbocycles. The molecule has 0 bridgehead atoms. The Balaban J connectivity index is 1.88. The molecule has 7 heteroatoms. The van der Waals surface area contributed by atoms with Crippen LogP contribution in [0.1, 0.15) is 28.5 Å². The molecule has 4 nitrogen and oxygen atoms in total. The number of carbonyl (C=O) groups is 1. The van der Waals surface area contributed by atoms with Crippen molar-refractivity contribution in [3.05, 3.63) is 77.7 Å². The van der Waals surface area contributed by atoms with Crippen LogP contribution in [0, 0.1) is 0 Å². The summed E-state index contributed by atoms with van der Waals surface area (Å²) in [5.74, 6) is -0.783. The number of hydrogen-bond donors (Lipinski definition) is 0. The Morgan fingerprint density at radius 1 is 1.10 bits per heavy atom. The summed E-state index contributed by atoms with van der Waals surface area (Å²) in [5, 5.41) is 2.28. The summed E-state index contributed by atoms with van der Waals surface area (Å²) < 4.78 is 46.7. The zero-order chi connectivity index (χ0) is 20.6. The average molecular weight is 398 g/mol. The third-order valence-electron chi connectivity index (χ3n) is 4.76. The predicted octanol–water partition coefficient (Wildman–Crippen LogP) is 5.43. The Morgan fingerprint density at radius 2 is 1.90 bits per heavy atom. The summed E-state index contributed by atoms with van der Waals surface area (Å²) in [4.78, 5) is 16.9. The molecule has 0 aliphatic rings. The lowest BCUT2D eigenvalue weighted by Crippen LogP contribution is -2.12. The van der Waals surface area contributed by atoms with Crippen molar-refractivity contribution < 1.29 is 22.7 Å². The van der Waals surface area contributed by atoms with E-state index in [4.69, 9.17) is 4.74 Å². The summed E-state index contributed by atoms with van der Waals surface area (Å²) in [5.41, 5.74) is 0.164. The second-order valence-corrected chi connectivity index (χ2v) is 6.60. The second kappa shape index (κ2) is 7.24. The number of pyridine rings is 1. The lowest BCUT2D eigenvalue weighted by atomic mass is 10.1. The van der Waals surface area contributed by atoms with Gasteiger partial charge < -0.3 is 9.30 Å². The third-order valence-corrected chi connectivity index (χ3v) is 4.76. The Morgan fingerprint density at radius 3 is 2.66 bits per heavy atom. The smallest absolute Gasteiger partial charge is 0.416 e. The van der Waals surface area contributed by atoms with Crippen molar-refractivity contribution in [2.45, 2.75) is 19.6 Å². The van der Waals surface area contributed by atoms with Crippen LogP contribution in [0.25, 0.3) is 21.7 Å². The van der Waals surface area contributed by atoms with Gasteiger partial charge in [0.2, 0.25) is 0 Å². The van der Waals surface area contributed by atoms with Crippen molar-refractivity contribution in [1.29, 1.82) is 0 Å². The highest BCUT2D eigenvalue weighted by atomic mass is 19.4. The van der Waals surface area contributed by atoms with Crippen LogP contribution in [-0.4, -0.2) is 22.1 Å². The number of nitrogens with zero attached hydrogens (tertiary/aromatic N) is 2. The SMILES string of the molecule is CCOC(=O)c1cc(C(F)(F)F)cc2ccn(Cc3nccc4ccccc34)c12. The van der Waals surface area contributed by atoms with Crippen LogP contribution < -0.4 is 0 Å². The largest absolute Gasteiger partial charge is 0.462 e. The summed E-state index contributed by atoms with van der Waals surface area (Å²) in [6, 6.07) is 13.1. The number of ether oxygens (including phenoxy) is 1. The van der Waals surface area contributed by atoms with Gasteiger partial charge in [-0.15, -0.1) is 0 Å². The van der Waals surface area contributed by atoms with Crippen molar-refractivity contribution in [2.24, 2.45) is 0 Å². The molecule has 0 aliphatic carbocycles. The Kier molecular flexibility index (Phi) is 4.74. The van der Waals surface area contributed by atoms with Gasteiger partial charge in [-0.05, 0) is 36.6 Å². The molecule has 0 fully saturated rings. The fourth-order valence-electron chi connectivity index (χ4n) is 3.48. The van der Waals surface area contributed by atoms with Crippen LogP contribution in [0.15, 0.2) is 60.9 Å². The van der Waals surface area contributed by atoms with Crippen molar-refractivity contribution in [2.75, 3.05) is 6.61 Å². The molecular weight excluding hydrogens is 381 g/mol. The highest BCUT2D eigenvalue weighted by Crippen LogP contribution is 2.34. The summed E-state index contributed by atoms with van der Waals surface area (Å²) in [6.45, 7) is 1.99. The molecular formula is C22H17F3N2O2. The molecule has 0 radical (unpaired) electrons. The Labute approximate surface area is 164 Å². The fourth-order valence-corrected chi connectivity index (χ4v) is 3.48. The molecule has 4 aromatic rings. The van der Waals surface area contributed by atoms with Gasteiger partial charge in [-0.1, -0.05) is 24.3 Å². The van der Waals surface area contributed by atoms with Crippen molar-refractivity contribution >= 4 is 27.6 Å². The molecule has 148 valence electrons. The maximum absolute atomic E-state index is 13.3. The number of aromatic nitrogens is 2. The number of rotatable bonds is 4. The first-order valence-electron chi connectivity index (χ1n) is 9.08. The molecule has 0 atom stereocenters. The zero-order valence-corrected chi connectivity index (χ0v) is 15.5. The van der Waals surface area contributed by atoms with Crippen molar-refractivity contribution in [3.63, 3.8) is 0 Å². The minimum atomic E-state index is -4.56. The third kappa shape index (κ3) is 3.55.